The number of carbonyl (C=O) groups is 2. The van der Waals surface area contributed by atoms with Gasteiger partial charge in [0.15, 0.2) is 0 Å². The third-order valence-electron chi connectivity index (χ3n) is 3.70. The molecule has 2 aliphatic rings. The first kappa shape index (κ1) is 12.1. The van der Waals surface area contributed by atoms with Crippen molar-refractivity contribution >= 4 is 17.5 Å². The molecule has 0 spiro atoms. The van der Waals surface area contributed by atoms with E-state index in [1.807, 2.05) is 0 Å². The largest absolute Gasteiger partial charge is 0.342 e. The molecule has 1 aromatic rings. The highest BCUT2D eigenvalue weighted by Gasteiger charge is 2.43. The third kappa shape index (κ3) is 2.20. The number of halogens is 1. The summed E-state index contributed by atoms with van der Waals surface area (Å²) in [5, 5.41) is 2.75. The second kappa shape index (κ2) is 4.33. The van der Waals surface area contributed by atoms with Crippen molar-refractivity contribution < 1.29 is 14.0 Å². The highest BCUT2D eigenvalue weighted by molar-refractivity contribution is 6.06. The first-order chi connectivity index (χ1) is 9.06. The summed E-state index contributed by atoms with van der Waals surface area (Å²) in [6.45, 7) is 1.65. The average Bonchev–Trinajstić information content (AvgIpc) is 3.19. The lowest BCUT2D eigenvalue weighted by Crippen LogP contribution is -2.59. The van der Waals surface area contributed by atoms with Crippen LogP contribution in [0.1, 0.15) is 18.4 Å². The van der Waals surface area contributed by atoms with E-state index in [0.717, 1.165) is 12.8 Å². The van der Waals surface area contributed by atoms with Crippen molar-refractivity contribution in [2.45, 2.75) is 25.8 Å². The number of piperazine rings is 1. The number of hydrogen-bond donors (Lipinski definition) is 1. The molecule has 0 bridgehead atoms. The van der Waals surface area contributed by atoms with Gasteiger partial charge in [-0.15, -0.1) is 0 Å². The summed E-state index contributed by atoms with van der Waals surface area (Å²) in [5.41, 5.74) is 1.06. The van der Waals surface area contributed by atoms with Crippen LogP contribution in [0.4, 0.5) is 10.1 Å². The SMILES string of the molecule is Cc1cc(N2CC(=O)NC(C3CC3)C2=O)ccc1F. The number of hydrogen-bond acceptors (Lipinski definition) is 2. The van der Waals surface area contributed by atoms with Gasteiger partial charge in [-0.3, -0.25) is 9.59 Å². The van der Waals surface area contributed by atoms with E-state index in [9.17, 15) is 14.0 Å². The van der Waals surface area contributed by atoms with Crippen molar-refractivity contribution in [2.75, 3.05) is 11.4 Å². The summed E-state index contributed by atoms with van der Waals surface area (Å²) in [7, 11) is 0. The lowest BCUT2D eigenvalue weighted by molar-refractivity contribution is -0.131. The maximum atomic E-state index is 13.3. The number of anilines is 1. The van der Waals surface area contributed by atoms with Gasteiger partial charge in [-0.1, -0.05) is 0 Å². The number of nitrogens with one attached hydrogen (secondary N) is 1. The van der Waals surface area contributed by atoms with Gasteiger partial charge in [-0.2, -0.15) is 0 Å². The predicted molar refractivity (Wildman–Crippen MR) is 68.1 cm³/mol. The van der Waals surface area contributed by atoms with E-state index in [0.29, 0.717) is 11.3 Å². The van der Waals surface area contributed by atoms with Crippen molar-refractivity contribution in [2.24, 2.45) is 5.92 Å². The predicted octanol–water partition coefficient (Wildman–Crippen LogP) is 1.38. The molecule has 1 unspecified atom stereocenters. The first-order valence-electron chi connectivity index (χ1n) is 6.43. The lowest BCUT2D eigenvalue weighted by atomic mass is 10.1. The summed E-state index contributed by atoms with van der Waals surface area (Å²) in [4.78, 5) is 25.5. The number of aryl methyl sites for hydroxylation is 1. The summed E-state index contributed by atoms with van der Waals surface area (Å²) in [6.07, 6.45) is 1.96. The highest BCUT2D eigenvalue weighted by atomic mass is 19.1. The Morgan fingerprint density at radius 1 is 1.32 bits per heavy atom. The fourth-order valence-electron chi connectivity index (χ4n) is 2.43. The minimum absolute atomic E-state index is 0.00707. The van der Waals surface area contributed by atoms with Crippen LogP contribution in [-0.2, 0) is 9.59 Å². The Morgan fingerprint density at radius 3 is 2.68 bits per heavy atom. The summed E-state index contributed by atoms with van der Waals surface area (Å²) < 4.78 is 13.3. The summed E-state index contributed by atoms with van der Waals surface area (Å²) >= 11 is 0. The van der Waals surface area contributed by atoms with E-state index in [2.05, 4.69) is 5.32 Å². The van der Waals surface area contributed by atoms with Gasteiger partial charge < -0.3 is 10.2 Å². The molecule has 1 aliphatic heterocycles. The van der Waals surface area contributed by atoms with Crippen LogP contribution in [-0.4, -0.2) is 24.4 Å². The van der Waals surface area contributed by atoms with E-state index < -0.39 is 6.04 Å². The molecule has 1 aromatic carbocycles. The molecule has 1 aliphatic carbocycles. The Hall–Kier alpha value is -1.91. The van der Waals surface area contributed by atoms with Crippen LogP contribution < -0.4 is 10.2 Å². The van der Waals surface area contributed by atoms with E-state index >= 15 is 0 Å². The van der Waals surface area contributed by atoms with Crippen LogP contribution in [0.25, 0.3) is 0 Å². The van der Waals surface area contributed by atoms with Gasteiger partial charge in [0, 0.05) is 5.69 Å². The summed E-state index contributed by atoms with van der Waals surface area (Å²) in [6, 6.07) is 4.07. The van der Waals surface area contributed by atoms with Gasteiger partial charge in [0.25, 0.3) is 0 Å². The number of rotatable bonds is 2. The molecule has 2 fully saturated rings. The molecule has 0 aromatic heterocycles. The van der Waals surface area contributed by atoms with Crippen molar-refractivity contribution in [3.63, 3.8) is 0 Å². The molecule has 1 atom stereocenters. The van der Waals surface area contributed by atoms with Gasteiger partial charge in [-0.25, -0.2) is 4.39 Å². The second-order valence-corrected chi connectivity index (χ2v) is 5.24. The minimum Gasteiger partial charge on any atom is -0.342 e. The number of nitrogens with zero attached hydrogens (tertiary/aromatic N) is 1. The molecule has 19 heavy (non-hydrogen) atoms. The van der Waals surface area contributed by atoms with Gasteiger partial charge >= 0.3 is 0 Å². The lowest BCUT2D eigenvalue weighted by Gasteiger charge is -2.32. The molecule has 0 radical (unpaired) electrons. The topological polar surface area (TPSA) is 49.4 Å². The molecule has 4 nitrogen and oxygen atoms in total. The maximum Gasteiger partial charge on any atom is 0.250 e. The number of carbonyl (C=O) groups excluding carboxylic acids is 2. The Bertz CT molecular complexity index is 554. The molecular formula is C14H15FN2O2. The minimum atomic E-state index is -0.411. The van der Waals surface area contributed by atoms with Crippen LogP contribution in [0.2, 0.25) is 0 Å². The van der Waals surface area contributed by atoms with Crippen LogP contribution in [0, 0.1) is 18.7 Å². The van der Waals surface area contributed by atoms with E-state index in [-0.39, 0.29) is 30.1 Å². The van der Waals surface area contributed by atoms with Crippen LogP contribution in [0.5, 0.6) is 0 Å². The second-order valence-electron chi connectivity index (χ2n) is 5.24. The fourth-order valence-corrected chi connectivity index (χ4v) is 2.43. The van der Waals surface area contributed by atoms with E-state index in [1.54, 1.807) is 19.1 Å². The van der Waals surface area contributed by atoms with Crippen LogP contribution >= 0.6 is 0 Å². The zero-order valence-corrected chi connectivity index (χ0v) is 10.6. The zero-order chi connectivity index (χ0) is 13.6. The molecule has 1 heterocycles. The van der Waals surface area contributed by atoms with Crippen molar-refractivity contribution in [3.05, 3.63) is 29.6 Å². The molecular weight excluding hydrogens is 247 g/mol. The molecule has 1 saturated carbocycles. The highest BCUT2D eigenvalue weighted by Crippen LogP contribution is 2.35. The Labute approximate surface area is 110 Å². The molecule has 1 N–H and O–H groups in total. The third-order valence-corrected chi connectivity index (χ3v) is 3.70. The van der Waals surface area contributed by atoms with Crippen LogP contribution in [0.3, 0.4) is 0 Å². The van der Waals surface area contributed by atoms with Crippen molar-refractivity contribution in [3.8, 4) is 0 Å². The molecule has 1 saturated heterocycles. The Balaban J connectivity index is 1.91. The van der Waals surface area contributed by atoms with E-state index in [1.165, 1.54) is 11.0 Å². The standard InChI is InChI=1S/C14H15FN2O2/c1-8-6-10(4-5-11(8)15)17-7-12(18)16-13(14(17)19)9-2-3-9/h4-6,9,13H,2-3,7H2,1H3,(H,16,18). The molecule has 100 valence electrons. The van der Waals surface area contributed by atoms with Gasteiger partial charge in [0.05, 0.1) is 0 Å². The smallest absolute Gasteiger partial charge is 0.250 e. The maximum absolute atomic E-state index is 13.3. The van der Waals surface area contributed by atoms with Crippen molar-refractivity contribution in [1.82, 2.24) is 5.32 Å². The van der Waals surface area contributed by atoms with Crippen LogP contribution in [0.15, 0.2) is 18.2 Å². The monoisotopic (exact) mass is 262 g/mol. The van der Waals surface area contributed by atoms with Gasteiger partial charge in [0.1, 0.15) is 18.4 Å². The Kier molecular flexibility index (Phi) is 2.77. The average molecular weight is 262 g/mol. The van der Waals surface area contributed by atoms with E-state index in [4.69, 9.17) is 0 Å². The van der Waals surface area contributed by atoms with Crippen molar-refractivity contribution in [1.29, 1.82) is 0 Å². The Morgan fingerprint density at radius 2 is 2.05 bits per heavy atom. The summed E-state index contributed by atoms with van der Waals surface area (Å²) in [5.74, 6) is -0.288. The van der Waals surface area contributed by atoms with Gasteiger partial charge in [-0.05, 0) is 49.4 Å². The fraction of sp³-hybridized carbons (Fsp3) is 0.429. The molecule has 3 rings (SSSR count). The normalized spacial score (nSPS) is 23.5. The zero-order valence-electron chi connectivity index (χ0n) is 10.6. The number of benzene rings is 1. The first-order valence-corrected chi connectivity index (χ1v) is 6.43. The number of amides is 2. The molecule has 5 heteroatoms. The van der Waals surface area contributed by atoms with Gasteiger partial charge in [0.2, 0.25) is 11.8 Å². The quantitative estimate of drug-likeness (QED) is 0.875. The molecule has 2 amide bonds.